The van der Waals surface area contributed by atoms with Crippen molar-refractivity contribution in [2.45, 2.75) is 180 Å². The maximum atomic E-state index is 12.3. The molecule has 0 aromatic carbocycles. The van der Waals surface area contributed by atoms with Gasteiger partial charge in [0.2, 0.25) is 0 Å². The smallest absolute Gasteiger partial charge is 0.306 e. The lowest BCUT2D eigenvalue weighted by atomic mass is 10.0. The lowest BCUT2D eigenvalue weighted by molar-refractivity contribution is -0.149. The largest absolute Gasteiger partial charge is 0.481 e. The van der Waals surface area contributed by atoms with Crippen LogP contribution < -0.4 is 0 Å². The summed E-state index contributed by atoms with van der Waals surface area (Å²) in [6.45, 7) is 4.27. The van der Waals surface area contributed by atoms with Gasteiger partial charge in [0.15, 0.2) is 0 Å². The molecule has 0 spiro atoms. The van der Waals surface area contributed by atoms with Crippen LogP contribution in [0.15, 0.2) is 72.9 Å². The lowest BCUT2D eigenvalue weighted by Crippen LogP contribution is -2.17. The molecule has 1 atom stereocenters. The average molecular weight is 639 g/mol. The van der Waals surface area contributed by atoms with E-state index in [9.17, 15) is 9.59 Å². The second-order valence-electron chi connectivity index (χ2n) is 12.4. The third-order valence-corrected chi connectivity index (χ3v) is 8.03. The summed E-state index contributed by atoms with van der Waals surface area (Å²) in [6, 6.07) is 0. The number of rotatable bonds is 33. The fourth-order valence-corrected chi connectivity index (χ4v) is 5.20. The van der Waals surface area contributed by atoms with Crippen LogP contribution in [0.2, 0.25) is 0 Å². The second-order valence-corrected chi connectivity index (χ2v) is 12.4. The zero-order valence-corrected chi connectivity index (χ0v) is 29.9. The third-order valence-electron chi connectivity index (χ3n) is 8.03. The van der Waals surface area contributed by atoms with E-state index in [2.05, 4.69) is 86.8 Å². The van der Waals surface area contributed by atoms with Crippen LogP contribution in [0.25, 0.3) is 0 Å². The van der Waals surface area contributed by atoms with Crippen LogP contribution in [0, 0.1) is 0 Å². The number of allylic oxidation sites excluding steroid dienone is 12. The number of hydrogen-bond donors (Lipinski definition) is 1. The summed E-state index contributed by atoms with van der Waals surface area (Å²) < 4.78 is 5.74. The number of carbonyl (C=O) groups is 2. The molecule has 0 amide bonds. The van der Waals surface area contributed by atoms with Crippen LogP contribution in [0.1, 0.15) is 174 Å². The summed E-state index contributed by atoms with van der Waals surface area (Å²) >= 11 is 0. The van der Waals surface area contributed by atoms with Crippen molar-refractivity contribution in [1.82, 2.24) is 0 Å². The van der Waals surface area contributed by atoms with Gasteiger partial charge in [-0.3, -0.25) is 9.59 Å². The number of carbonyl (C=O) groups excluding carboxylic acids is 1. The normalized spacial score (nSPS) is 13.1. The molecule has 0 rings (SSSR count). The number of carboxylic acid groups (broad SMARTS) is 1. The van der Waals surface area contributed by atoms with Crippen molar-refractivity contribution in [2.75, 3.05) is 0 Å². The molecule has 0 aliphatic carbocycles. The molecule has 0 aliphatic rings. The van der Waals surface area contributed by atoms with E-state index in [1.54, 1.807) is 0 Å². The Hall–Kier alpha value is -2.62. The van der Waals surface area contributed by atoms with E-state index < -0.39 is 5.97 Å². The summed E-state index contributed by atoms with van der Waals surface area (Å²) in [5.41, 5.74) is 0. The molecule has 4 nitrogen and oxygen atoms in total. The van der Waals surface area contributed by atoms with Gasteiger partial charge in [-0.15, -0.1) is 0 Å². The maximum absolute atomic E-state index is 12.3. The molecule has 0 fully saturated rings. The minimum Gasteiger partial charge on any atom is -0.481 e. The van der Waals surface area contributed by atoms with Crippen molar-refractivity contribution in [3.8, 4) is 0 Å². The van der Waals surface area contributed by atoms with Crippen molar-refractivity contribution in [1.29, 1.82) is 0 Å². The Morgan fingerprint density at radius 1 is 0.500 bits per heavy atom. The Balaban J connectivity index is 3.62. The molecule has 0 aromatic rings. The van der Waals surface area contributed by atoms with Gasteiger partial charge < -0.3 is 9.84 Å². The molecule has 4 heteroatoms. The quantitative estimate of drug-likeness (QED) is 0.0441. The summed E-state index contributed by atoms with van der Waals surface area (Å²) in [4.78, 5) is 22.8. The van der Waals surface area contributed by atoms with Gasteiger partial charge in [-0.1, -0.05) is 164 Å². The monoisotopic (exact) mass is 639 g/mol. The molecule has 0 heterocycles. The number of aliphatic carboxylic acids is 1. The number of ether oxygens (including phenoxy) is 1. The molecular formula is C42H70O4. The van der Waals surface area contributed by atoms with E-state index in [1.165, 1.54) is 70.6 Å². The molecule has 1 N–H and O–H groups in total. The standard InChI is InChI=1S/C42H70O4/c1-3-5-6-7-8-9-10-11-12-13-14-15-16-21-24-27-30-33-36-39-42(45)46-40(4-2)37-34-31-28-25-22-19-17-18-20-23-26-29-32-35-38-41(43)44/h5-6,8-9,11-12,14-15,21,24,30,33,40H,3-4,7,10,13,16-20,22-23,25-29,31-32,34-39H2,1-2H3,(H,43,44)/b6-5-,9-8-,12-11-,15-14-,24-21-,33-30-. The molecule has 262 valence electrons. The van der Waals surface area contributed by atoms with Crippen molar-refractivity contribution in [3.63, 3.8) is 0 Å². The molecule has 0 saturated carbocycles. The van der Waals surface area contributed by atoms with Crippen LogP contribution in [-0.2, 0) is 14.3 Å². The van der Waals surface area contributed by atoms with Crippen LogP contribution in [0.3, 0.4) is 0 Å². The first-order valence-electron chi connectivity index (χ1n) is 18.9. The fraction of sp³-hybridized carbons (Fsp3) is 0.667. The van der Waals surface area contributed by atoms with Crippen molar-refractivity contribution >= 4 is 11.9 Å². The molecule has 0 radical (unpaired) electrons. The summed E-state index contributed by atoms with van der Waals surface area (Å²) in [6.07, 6.45) is 53.0. The molecule has 0 aromatic heterocycles. The Kier molecular flexibility index (Phi) is 34.7. The van der Waals surface area contributed by atoms with Gasteiger partial charge in [0.25, 0.3) is 0 Å². The summed E-state index contributed by atoms with van der Waals surface area (Å²) in [7, 11) is 0. The van der Waals surface area contributed by atoms with E-state index in [0.29, 0.717) is 12.8 Å². The van der Waals surface area contributed by atoms with Gasteiger partial charge in [0.1, 0.15) is 6.10 Å². The SMILES string of the molecule is CC/C=C\C/C=C\C/C=C\C/C=C\C/C=C\C/C=C\CCC(=O)OC(CC)CCCCCCCCCCCCCCCCC(=O)O. The zero-order chi connectivity index (χ0) is 33.6. The van der Waals surface area contributed by atoms with E-state index in [1.807, 2.05) is 0 Å². The summed E-state index contributed by atoms with van der Waals surface area (Å²) in [5, 5.41) is 8.65. The van der Waals surface area contributed by atoms with Gasteiger partial charge in [-0.25, -0.2) is 0 Å². The number of carboxylic acids is 1. The second kappa shape index (κ2) is 36.8. The number of hydrogen-bond acceptors (Lipinski definition) is 3. The highest BCUT2D eigenvalue weighted by Crippen LogP contribution is 2.16. The average Bonchev–Trinajstić information content (AvgIpc) is 3.04. The Bertz CT molecular complexity index is 861. The predicted octanol–water partition coefficient (Wildman–Crippen LogP) is 13.1. The first kappa shape index (κ1) is 43.4. The van der Waals surface area contributed by atoms with E-state index in [4.69, 9.17) is 9.84 Å². The van der Waals surface area contributed by atoms with Crippen LogP contribution in [-0.4, -0.2) is 23.1 Å². The lowest BCUT2D eigenvalue weighted by Gasteiger charge is -2.16. The van der Waals surface area contributed by atoms with E-state index in [0.717, 1.165) is 77.0 Å². The van der Waals surface area contributed by atoms with Gasteiger partial charge in [0, 0.05) is 12.8 Å². The molecule has 0 bridgehead atoms. The Labute approximate surface area is 284 Å². The molecule has 0 saturated heterocycles. The van der Waals surface area contributed by atoms with Crippen LogP contribution in [0.4, 0.5) is 0 Å². The number of unbranched alkanes of at least 4 members (excludes halogenated alkanes) is 13. The zero-order valence-electron chi connectivity index (χ0n) is 29.9. The number of esters is 1. The molecule has 1 unspecified atom stereocenters. The van der Waals surface area contributed by atoms with E-state index >= 15 is 0 Å². The highest BCUT2D eigenvalue weighted by molar-refractivity contribution is 5.69. The first-order valence-corrected chi connectivity index (χ1v) is 18.9. The minimum absolute atomic E-state index is 0.0648. The maximum Gasteiger partial charge on any atom is 0.306 e. The fourth-order valence-electron chi connectivity index (χ4n) is 5.20. The highest BCUT2D eigenvalue weighted by Gasteiger charge is 2.11. The van der Waals surface area contributed by atoms with E-state index in [-0.39, 0.29) is 12.1 Å². The third kappa shape index (κ3) is 35.9. The Morgan fingerprint density at radius 3 is 1.26 bits per heavy atom. The van der Waals surface area contributed by atoms with Gasteiger partial charge in [-0.05, 0) is 70.6 Å². The van der Waals surface area contributed by atoms with Crippen molar-refractivity contribution in [2.24, 2.45) is 0 Å². The van der Waals surface area contributed by atoms with Crippen molar-refractivity contribution < 1.29 is 19.4 Å². The van der Waals surface area contributed by atoms with Crippen LogP contribution in [0.5, 0.6) is 0 Å². The van der Waals surface area contributed by atoms with Gasteiger partial charge in [-0.2, -0.15) is 0 Å². The van der Waals surface area contributed by atoms with Crippen molar-refractivity contribution in [3.05, 3.63) is 72.9 Å². The first-order chi connectivity index (χ1) is 22.6. The highest BCUT2D eigenvalue weighted by atomic mass is 16.5. The minimum atomic E-state index is -0.672. The Morgan fingerprint density at radius 2 is 0.870 bits per heavy atom. The molecule has 46 heavy (non-hydrogen) atoms. The molecular weight excluding hydrogens is 568 g/mol. The van der Waals surface area contributed by atoms with Gasteiger partial charge in [0.05, 0.1) is 0 Å². The molecule has 0 aliphatic heterocycles. The topological polar surface area (TPSA) is 63.6 Å². The van der Waals surface area contributed by atoms with Gasteiger partial charge >= 0.3 is 11.9 Å². The summed E-state index contributed by atoms with van der Waals surface area (Å²) in [5.74, 6) is -0.737. The van der Waals surface area contributed by atoms with Crippen LogP contribution >= 0.6 is 0 Å². The predicted molar refractivity (Wildman–Crippen MR) is 199 cm³/mol.